The van der Waals surface area contributed by atoms with Crippen LogP contribution in [0.5, 0.6) is 0 Å². The number of guanidine groups is 1. The van der Waals surface area contributed by atoms with Crippen LogP contribution in [0.3, 0.4) is 0 Å². The Morgan fingerprint density at radius 1 is 1.20 bits per heavy atom. The third-order valence-electron chi connectivity index (χ3n) is 4.98. The molecule has 1 aliphatic carbocycles. The molecule has 1 saturated carbocycles. The minimum absolute atomic E-state index is 0.119. The number of hydrogen-bond acceptors (Lipinski definition) is 3. The van der Waals surface area contributed by atoms with Gasteiger partial charge in [-0.1, -0.05) is 47.8 Å². The van der Waals surface area contributed by atoms with E-state index in [2.05, 4.69) is 55.8 Å². The van der Waals surface area contributed by atoms with Crippen molar-refractivity contribution < 1.29 is 8.42 Å². The zero-order valence-electron chi connectivity index (χ0n) is 15.0. The van der Waals surface area contributed by atoms with Gasteiger partial charge in [0.25, 0.3) is 0 Å². The Labute approximate surface area is 159 Å². The molecule has 0 unspecified atom stereocenters. The van der Waals surface area contributed by atoms with Crippen LogP contribution < -0.4 is 10.6 Å². The lowest BCUT2D eigenvalue weighted by Gasteiger charge is -2.31. The van der Waals surface area contributed by atoms with Crippen LogP contribution in [0.4, 0.5) is 0 Å². The van der Waals surface area contributed by atoms with Crippen molar-refractivity contribution in [3.63, 3.8) is 0 Å². The molecule has 0 heterocycles. The fraction of sp³-hybridized carbons (Fsp3) is 0.611. The Morgan fingerprint density at radius 2 is 1.84 bits per heavy atom. The van der Waals surface area contributed by atoms with E-state index in [1.165, 1.54) is 18.4 Å². The largest absolute Gasteiger partial charge is 0.356 e. The molecule has 0 amide bonds. The molecule has 1 fully saturated rings. The van der Waals surface area contributed by atoms with Crippen LogP contribution in [0.1, 0.15) is 38.2 Å². The molecule has 0 saturated heterocycles. The summed E-state index contributed by atoms with van der Waals surface area (Å²) in [5.41, 5.74) is 1.47. The molecular formula is C18H28BrN3O2S. The summed E-state index contributed by atoms with van der Waals surface area (Å²) in [5.74, 6) is 0.963. The van der Waals surface area contributed by atoms with Crippen LogP contribution in [-0.2, 0) is 15.3 Å². The van der Waals surface area contributed by atoms with Crippen molar-refractivity contribution in [3.05, 3.63) is 34.3 Å². The molecule has 5 nitrogen and oxygen atoms in total. The molecule has 2 rings (SSSR count). The van der Waals surface area contributed by atoms with Crippen molar-refractivity contribution >= 4 is 31.7 Å². The van der Waals surface area contributed by atoms with Gasteiger partial charge in [-0.15, -0.1) is 0 Å². The van der Waals surface area contributed by atoms with Crippen molar-refractivity contribution in [1.82, 2.24) is 10.6 Å². The first-order valence-corrected chi connectivity index (χ1v) is 11.4. The monoisotopic (exact) mass is 429 g/mol. The topological polar surface area (TPSA) is 70.6 Å². The van der Waals surface area contributed by atoms with Gasteiger partial charge >= 0.3 is 0 Å². The molecule has 0 bridgehead atoms. The fourth-order valence-electron chi connectivity index (χ4n) is 3.37. The highest BCUT2D eigenvalue weighted by Gasteiger charge is 2.35. The molecule has 1 aromatic carbocycles. The average molecular weight is 430 g/mol. The lowest BCUT2D eigenvalue weighted by Crippen LogP contribution is -2.45. The van der Waals surface area contributed by atoms with Gasteiger partial charge in [-0.2, -0.15) is 0 Å². The quantitative estimate of drug-likeness (QED) is 0.516. The van der Waals surface area contributed by atoms with Crippen LogP contribution >= 0.6 is 15.9 Å². The van der Waals surface area contributed by atoms with E-state index in [4.69, 9.17) is 0 Å². The van der Waals surface area contributed by atoms with Gasteiger partial charge in [-0.25, -0.2) is 8.42 Å². The molecule has 140 valence electrons. The highest BCUT2D eigenvalue weighted by molar-refractivity contribution is 9.10. The fourth-order valence-corrected chi connectivity index (χ4v) is 4.33. The first-order chi connectivity index (χ1) is 11.9. The van der Waals surface area contributed by atoms with Gasteiger partial charge in [-0.05, 0) is 30.5 Å². The first kappa shape index (κ1) is 20.2. The van der Waals surface area contributed by atoms with E-state index >= 15 is 0 Å². The maximum absolute atomic E-state index is 11.6. The second-order valence-corrected chi connectivity index (χ2v) is 9.97. The molecule has 0 atom stereocenters. The van der Waals surface area contributed by atoms with Crippen LogP contribution in [0.25, 0.3) is 0 Å². The summed E-state index contributed by atoms with van der Waals surface area (Å²) < 4.78 is 24.3. The number of hydrogen-bond donors (Lipinski definition) is 2. The molecule has 2 N–H and O–H groups in total. The molecular weight excluding hydrogens is 402 g/mol. The number of aliphatic imine (C=N–C) groups is 1. The standard InChI is InChI=1S/C18H28BrN3O2S/c1-3-25(23,24)13-12-21-17(20-2)22-14-18(10-4-5-11-18)15-6-8-16(19)9-7-15/h6-9H,3-5,10-14H2,1-2H3,(H2,20,21,22). The van der Waals surface area contributed by atoms with E-state index < -0.39 is 9.84 Å². The summed E-state index contributed by atoms with van der Waals surface area (Å²) in [7, 11) is -1.25. The van der Waals surface area contributed by atoms with E-state index in [0.29, 0.717) is 12.5 Å². The maximum atomic E-state index is 11.6. The predicted octanol–water partition coefficient (Wildman–Crippen LogP) is 2.86. The zero-order valence-corrected chi connectivity index (χ0v) is 17.4. The molecule has 0 aliphatic heterocycles. The summed E-state index contributed by atoms with van der Waals surface area (Å²) >= 11 is 3.50. The van der Waals surface area contributed by atoms with E-state index in [9.17, 15) is 8.42 Å². The van der Waals surface area contributed by atoms with E-state index in [1.54, 1.807) is 14.0 Å². The second-order valence-electron chi connectivity index (χ2n) is 6.58. The Morgan fingerprint density at radius 3 is 2.40 bits per heavy atom. The highest BCUT2D eigenvalue weighted by Crippen LogP contribution is 2.40. The smallest absolute Gasteiger partial charge is 0.191 e. The van der Waals surface area contributed by atoms with Crippen molar-refractivity contribution in [2.75, 3.05) is 31.6 Å². The Balaban J connectivity index is 1.97. The van der Waals surface area contributed by atoms with Gasteiger partial charge in [0.2, 0.25) is 0 Å². The number of nitrogens with zero attached hydrogens (tertiary/aromatic N) is 1. The van der Waals surface area contributed by atoms with Crippen molar-refractivity contribution in [3.8, 4) is 0 Å². The average Bonchev–Trinajstić information content (AvgIpc) is 3.08. The maximum Gasteiger partial charge on any atom is 0.191 e. The lowest BCUT2D eigenvalue weighted by molar-refractivity contribution is 0.432. The third-order valence-corrected chi connectivity index (χ3v) is 7.21. The molecule has 1 aromatic rings. The molecule has 0 spiro atoms. The lowest BCUT2D eigenvalue weighted by atomic mass is 9.79. The van der Waals surface area contributed by atoms with Crippen LogP contribution in [-0.4, -0.2) is 46.0 Å². The van der Waals surface area contributed by atoms with Crippen molar-refractivity contribution in [1.29, 1.82) is 0 Å². The van der Waals surface area contributed by atoms with E-state index in [1.807, 2.05) is 0 Å². The number of nitrogens with one attached hydrogen (secondary N) is 2. The molecule has 7 heteroatoms. The second kappa shape index (κ2) is 9.03. The minimum atomic E-state index is -2.96. The first-order valence-electron chi connectivity index (χ1n) is 8.82. The number of halogens is 1. The molecule has 0 aromatic heterocycles. The summed E-state index contributed by atoms with van der Waals surface area (Å²) in [5, 5.41) is 6.52. The highest BCUT2D eigenvalue weighted by atomic mass is 79.9. The van der Waals surface area contributed by atoms with Gasteiger partial charge in [0, 0.05) is 35.8 Å². The van der Waals surface area contributed by atoms with Crippen LogP contribution in [0.2, 0.25) is 0 Å². The number of sulfone groups is 1. The van der Waals surface area contributed by atoms with Crippen LogP contribution in [0.15, 0.2) is 33.7 Å². The minimum Gasteiger partial charge on any atom is -0.356 e. The summed E-state index contributed by atoms with van der Waals surface area (Å²) in [4.78, 5) is 4.23. The van der Waals surface area contributed by atoms with E-state index in [-0.39, 0.29) is 16.9 Å². The number of rotatable bonds is 7. The van der Waals surface area contributed by atoms with Gasteiger partial charge in [0.1, 0.15) is 0 Å². The van der Waals surface area contributed by atoms with Crippen molar-refractivity contribution in [2.24, 2.45) is 4.99 Å². The van der Waals surface area contributed by atoms with Crippen molar-refractivity contribution in [2.45, 2.75) is 38.0 Å². The Kier molecular flexibility index (Phi) is 7.31. The Hall–Kier alpha value is -1.08. The van der Waals surface area contributed by atoms with Gasteiger partial charge < -0.3 is 10.6 Å². The predicted molar refractivity (Wildman–Crippen MR) is 108 cm³/mol. The third kappa shape index (κ3) is 5.71. The molecule has 1 aliphatic rings. The summed E-state index contributed by atoms with van der Waals surface area (Å²) in [6.45, 7) is 2.85. The molecule has 25 heavy (non-hydrogen) atoms. The summed E-state index contributed by atoms with van der Waals surface area (Å²) in [6.07, 6.45) is 4.78. The zero-order chi connectivity index (χ0) is 18.3. The van der Waals surface area contributed by atoms with Crippen LogP contribution in [0, 0.1) is 0 Å². The van der Waals surface area contributed by atoms with Gasteiger partial charge in [0.15, 0.2) is 15.8 Å². The van der Waals surface area contributed by atoms with Gasteiger partial charge in [-0.3, -0.25) is 4.99 Å². The number of benzene rings is 1. The Bertz CT molecular complexity index is 681. The van der Waals surface area contributed by atoms with E-state index in [0.717, 1.165) is 23.9 Å². The normalized spacial score (nSPS) is 17.5. The summed E-state index contributed by atoms with van der Waals surface area (Å²) in [6, 6.07) is 8.58. The van der Waals surface area contributed by atoms with Gasteiger partial charge in [0.05, 0.1) is 5.75 Å². The molecule has 0 radical (unpaired) electrons. The SMILES string of the molecule is CCS(=O)(=O)CCNC(=NC)NCC1(c2ccc(Br)cc2)CCCC1.